The summed E-state index contributed by atoms with van der Waals surface area (Å²) in [5.74, 6) is 0.910. The summed E-state index contributed by atoms with van der Waals surface area (Å²) in [5, 5.41) is 5.47. The van der Waals surface area contributed by atoms with Crippen molar-refractivity contribution in [2.45, 2.75) is 31.9 Å². The number of fused-ring (bicyclic) bond motifs is 2. The molecule has 1 amide bonds. The number of esters is 1. The Morgan fingerprint density at radius 1 is 0.896 bits per heavy atom. The number of oxazole rings is 1. The molecule has 7 rings (SSSR count). The van der Waals surface area contributed by atoms with Crippen LogP contribution < -0.4 is 14.8 Å². The van der Waals surface area contributed by atoms with E-state index in [1.807, 2.05) is 84.6 Å². The van der Waals surface area contributed by atoms with E-state index in [1.54, 1.807) is 24.3 Å². The minimum absolute atomic E-state index is 0.0358. The summed E-state index contributed by atoms with van der Waals surface area (Å²) in [6.07, 6.45) is 0.579. The van der Waals surface area contributed by atoms with Gasteiger partial charge in [-0.1, -0.05) is 54.6 Å². The van der Waals surface area contributed by atoms with Gasteiger partial charge in [-0.2, -0.15) is 4.98 Å². The van der Waals surface area contributed by atoms with Crippen molar-refractivity contribution in [2.24, 2.45) is 0 Å². The zero-order valence-electron chi connectivity index (χ0n) is 26.7. The van der Waals surface area contributed by atoms with E-state index < -0.39 is 5.97 Å². The van der Waals surface area contributed by atoms with Crippen molar-refractivity contribution in [3.05, 3.63) is 126 Å². The highest BCUT2D eigenvalue weighted by molar-refractivity contribution is 5.89. The number of carbonyl (C=O) groups excluding carboxylic acids is 2. The number of aryl methyl sites for hydroxylation is 1. The Kier molecular flexibility index (Phi) is 8.66. The molecule has 1 fully saturated rings. The number of benzene rings is 5. The molecule has 1 saturated heterocycles. The molecule has 1 aromatic heterocycles. The number of likely N-dealkylation sites (tertiary alicyclic amines) is 1. The molecule has 6 aromatic rings. The Labute approximate surface area is 278 Å². The third-order valence-corrected chi connectivity index (χ3v) is 8.63. The van der Waals surface area contributed by atoms with E-state index in [2.05, 4.69) is 22.4 Å². The van der Waals surface area contributed by atoms with Crippen LogP contribution in [-0.2, 0) is 16.0 Å². The quantitative estimate of drug-likeness (QED) is 0.154. The molecule has 1 N–H and O–H groups in total. The minimum atomic E-state index is -0.412. The number of rotatable bonds is 10. The second-order valence-electron chi connectivity index (χ2n) is 11.9. The number of carbonyl (C=O) groups is 2. The van der Waals surface area contributed by atoms with Crippen LogP contribution in [0.1, 0.15) is 27.9 Å². The highest BCUT2D eigenvalue weighted by Crippen LogP contribution is 2.29. The molecule has 0 saturated carbocycles. The third kappa shape index (κ3) is 6.80. The topological polar surface area (TPSA) is 103 Å². The number of methoxy groups -OCH3 is 1. The molecule has 5 aromatic carbocycles. The van der Waals surface area contributed by atoms with Crippen LogP contribution in [0.3, 0.4) is 0 Å². The Bertz CT molecular complexity index is 2090. The van der Waals surface area contributed by atoms with Gasteiger partial charge in [0.2, 0.25) is 5.91 Å². The first-order valence-electron chi connectivity index (χ1n) is 15.9. The number of amides is 1. The predicted octanol–water partition coefficient (Wildman–Crippen LogP) is 7.49. The molecule has 0 unspecified atom stereocenters. The maximum absolute atomic E-state index is 13.9. The molecule has 0 aliphatic carbocycles. The van der Waals surface area contributed by atoms with E-state index in [9.17, 15) is 9.59 Å². The van der Waals surface area contributed by atoms with Crippen LogP contribution in [-0.4, -0.2) is 54.2 Å². The number of aromatic nitrogens is 1. The van der Waals surface area contributed by atoms with Crippen molar-refractivity contribution in [2.75, 3.05) is 25.6 Å². The van der Waals surface area contributed by atoms with E-state index in [1.165, 1.54) is 7.11 Å². The molecular weight excluding hydrogens is 606 g/mol. The lowest BCUT2D eigenvalue weighted by Gasteiger charge is -2.24. The van der Waals surface area contributed by atoms with Crippen LogP contribution in [0.2, 0.25) is 0 Å². The summed E-state index contributed by atoms with van der Waals surface area (Å²) in [6.45, 7) is 2.72. The lowest BCUT2D eigenvalue weighted by Crippen LogP contribution is -2.40. The molecule has 0 radical (unpaired) electrons. The van der Waals surface area contributed by atoms with Crippen molar-refractivity contribution in [1.29, 1.82) is 0 Å². The Hall–Kier alpha value is -5.83. The van der Waals surface area contributed by atoms with Crippen LogP contribution in [0.4, 0.5) is 11.7 Å². The average Bonchev–Trinajstić information content (AvgIpc) is 3.71. The van der Waals surface area contributed by atoms with E-state index >= 15 is 0 Å². The maximum atomic E-state index is 13.9. The first kappa shape index (κ1) is 30.8. The van der Waals surface area contributed by atoms with Gasteiger partial charge in [0, 0.05) is 12.1 Å². The van der Waals surface area contributed by atoms with Gasteiger partial charge in [0.25, 0.3) is 6.01 Å². The second-order valence-corrected chi connectivity index (χ2v) is 11.9. The monoisotopic (exact) mass is 641 g/mol. The maximum Gasteiger partial charge on any atom is 0.337 e. The zero-order valence-corrected chi connectivity index (χ0v) is 26.7. The van der Waals surface area contributed by atoms with Crippen LogP contribution in [0.25, 0.3) is 21.9 Å². The highest BCUT2D eigenvalue weighted by Gasteiger charge is 2.37. The zero-order chi connectivity index (χ0) is 33.0. The SMILES string of the molecule is COC(=O)c1ccc(OC[C@@H]2C[C@H](Oc3ccc4ccccc4c3)CN2C(=O)Cc2ccc3nc(Nc4ccccc4C)oc3c2)cc1. The smallest absolute Gasteiger partial charge is 0.337 e. The molecule has 9 nitrogen and oxygen atoms in total. The van der Waals surface area contributed by atoms with Crippen molar-refractivity contribution < 1.29 is 28.2 Å². The van der Waals surface area contributed by atoms with Crippen LogP contribution in [0.5, 0.6) is 11.5 Å². The molecule has 1 aliphatic rings. The fourth-order valence-corrected chi connectivity index (χ4v) is 6.09. The van der Waals surface area contributed by atoms with Gasteiger partial charge >= 0.3 is 5.97 Å². The van der Waals surface area contributed by atoms with Gasteiger partial charge in [-0.3, -0.25) is 4.79 Å². The van der Waals surface area contributed by atoms with E-state index in [0.29, 0.717) is 41.4 Å². The number of anilines is 2. The largest absolute Gasteiger partial charge is 0.491 e. The molecule has 0 spiro atoms. The lowest BCUT2D eigenvalue weighted by molar-refractivity contribution is -0.132. The first-order chi connectivity index (χ1) is 23.4. The average molecular weight is 642 g/mol. The third-order valence-electron chi connectivity index (χ3n) is 8.63. The van der Waals surface area contributed by atoms with Crippen LogP contribution in [0, 0.1) is 6.92 Å². The van der Waals surface area contributed by atoms with Gasteiger partial charge < -0.3 is 28.8 Å². The summed E-state index contributed by atoms with van der Waals surface area (Å²) in [5.41, 5.74) is 4.57. The van der Waals surface area contributed by atoms with E-state index in [-0.39, 0.29) is 31.1 Å². The van der Waals surface area contributed by atoms with E-state index in [4.69, 9.17) is 18.6 Å². The summed E-state index contributed by atoms with van der Waals surface area (Å²) in [7, 11) is 1.35. The minimum Gasteiger partial charge on any atom is -0.491 e. The van der Waals surface area contributed by atoms with Gasteiger partial charge in [-0.25, -0.2) is 4.79 Å². The van der Waals surface area contributed by atoms with Crippen molar-refractivity contribution >= 4 is 45.5 Å². The van der Waals surface area contributed by atoms with Crippen LogP contribution in [0.15, 0.2) is 114 Å². The molecule has 2 atom stereocenters. The molecule has 2 heterocycles. The number of nitrogens with zero attached hydrogens (tertiary/aromatic N) is 2. The number of ether oxygens (including phenoxy) is 3. The van der Waals surface area contributed by atoms with Crippen molar-refractivity contribution in [3.63, 3.8) is 0 Å². The number of hydrogen-bond donors (Lipinski definition) is 1. The molecule has 9 heteroatoms. The lowest BCUT2D eigenvalue weighted by atomic mass is 10.1. The summed E-state index contributed by atoms with van der Waals surface area (Å²) in [4.78, 5) is 32.2. The Morgan fingerprint density at radius 2 is 1.67 bits per heavy atom. The summed E-state index contributed by atoms with van der Waals surface area (Å²) >= 11 is 0. The van der Waals surface area contributed by atoms with E-state index in [0.717, 1.165) is 33.3 Å². The number of hydrogen-bond acceptors (Lipinski definition) is 8. The summed E-state index contributed by atoms with van der Waals surface area (Å²) < 4.78 is 23.4. The van der Waals surface area contributed by atoms with Crippen molar-refractivity contribution in [1.82, 2.24) is 9.88 Å². The molecule has 0 bridgehead atoms. The summed E-state index contributed by atoms with van der Waals surface area (Å²) in [6, 6.07) is 34.7. The molecule has 1 aliphatic heterocycles. The number of nitrogens with one attached hydrogen (secondary N) is 1. The number of para-hydroxylation sites is 1. The van der Waals surface area contributed by atoms with Gasteiger partial charge in [0.05, 0.1) is 31.7 Å². The van der Waals surface area contributed by atoms with Gasteiger partial charge in [0.1, 0.15) is 29.7 Å². The normalized spacial score (nSPS) is 15.8. The first-order valence-corrected chi connectivity index (χ1v) is 15.9. The predicted molar refractivity (Wildman–Crippen MR) is 184 cm³/mol. The van der Waals surface area contributed by atoms with Gasteiger partial charge in [-0.15, -0.1) is 0 Å². The molecular formula is C39H35N3O6. The second kappa shape index (κ2) is 13.5. The highest BCUT2D eigenvalue weighted by atomic mass is 16.5. The Morgan fingerprint density at radius 3 is 2.48 bits per heavy atom. The van der Waals surface area contributed by atoms with Crippen molar-refractivity contribution in [3.8, 4) is 11.5 Å². The molecule has 242 valence electrons. The molecule has 48 heavy (non-hydrogen) atoms. The fourth-order valence-electron chi connectivity index (χ4n) is 6.09. The standard InChI is InChI=1S/C39H35N3O6/c1-25-7-3-6-10-34(25)40-39-41-35-18-11-26(19-36(35)48-39)20-37(43)42-23-33(47-32-17-12-27-8-4-5-9-29(27)21-32)22-30(42)24-46-31-15-13-28(14-16-31)38(44)45-2/h3-19,21,30,33H,20,22-24H2,1-2H3,(H,40,41)/t30-,33-/m0/s1. The van der Waals surface area contributed by atoms with Crippen LogP contribution >= 0.6 is 0 Å². The fraction of sp³-hybridized carbons (Fsp3) is 0.205. The van der Waals surface area contributed by atoms with Gasteiger partial charge in [0.15, 0.2) is 5.58 Å². The Balaban J connectivity index is 1.07. The van der Waals surface area contributed by atoms with Gasteiger partial charge in [-0.05, 0) is 83.4 Å².